The molecule has 1 aromatic carbocycles. The zero-order valence-electron chi connectivity index (χ0n) is 8.56. The van der Waals surface area contributed by atoms with Gasteiger partial charge < -0.3 is 5.73 Å². The minimum absolute atomic E-state index is 0.748. The second kappa shape index (κ2) is 3.22. The molecular formula is C11H14N4. The molecule has 1 heterocycles. The van der Waals surface area contributed by atoms with Gasteiger partial charge in [0, 0.05) is 12.2 Å². The molecule has 1 aromatic heterocycles. The van der Waals surface area contributed by atoms with Crippen LogP contribution in [-0.4, -0.2) is 15.0 Å². The fraction of sp³-hybridized carbons (Fsp3) is 0.455. The predicted molar refractivity (Wildman–Crippen MR) is 59.3 cm³/mol. The molecule has 3 rings (SSSR count). The number of nitrogen functional groups attached to an aromatic ring is 1. The van der Waals surface area contributed by atoms with Crippen LogP contribution in [-0.2, 0) is 6.54 Å². The average Bonchev–Trinajstić information content (AvgIpc) is 2.54. The van der Waals surface area contributed by atoms with Crippen LogP contribution < -0.4 is 5.73 Å². The summed E-state index contributed by atoms with van der Waals surface area (Å²) in [5.41, 5.74) is 8.43. The van der Waals surface area contributed by atoms with Crippen molar-refractivity contribution < 1.29 is 0 Å². The molecule has 4 nitrogen and oxygen atoms in total. The lowest BCUT2D eigenvalue weighted by molar-refractivity contribution is 0.268. The Bertz CT molecular complexity index is 484. The minimum atomic E-state index is 0.748. The number of fused-ring (bicyclic) bond motifs is 1. The summed E-state index contributed by atoms with van der Waals surface area (Å²) in [6.45, 7) is 1.00. The lowest BCUT2D eigenvalue weighted by Gasteiger charge is -2.24. The second-order valence-corrected chi connectivity index (χ2v) is 4.32. The smallest absolute Gasteiger partial charge is 0.115 e. The van der Waals surface area contributed by atoms with Crippen molar-refractivity contribution >= 4 is 16.7 Å². The van der Waals surface area contributed by atoms with Gasteiger partial charge in [0.1, 0.15) is 5.52 Å². The number of anilines is 1. The highest BCUT2D eigenvalue weighted by Gasteiger charge is 2.19. The Hall–Kier alpha value is -1.58. The van der Waals surface area contributed by atoms with Crippen molar-refractivity contribution in [1.82, 2.24) is 15.0 Å². The van der Waals surface area contributed by atoms with Crippen molar-refractivity contribution in [1.29, 1.82) is 0 Å². The second-order valence-electron chi connectivity index (χ2n) is 4.32. The molecule has 1 aliphatic carbocycles. The highest BCUT2D eigenvalue weighted by Crippen LogP contribution is 2.28. The average molecular weight is 202 g/mol. The molecule has 0 spiro atoms. The molecular weight excluding hydrogens is 188 g/mol. The minimum Gasteiger partial charge on any atom is -0.399 e. The first-order chi connectivity index (χ1) is 7.33. The normalized spacial score (nSPS) is 16.8. The van der Waals surface area contributed by atoms with E-state index in [9.17, 15) is 0 Å². The third kappa shape index (κ3) is 1.46. The predicted octanol–water partition coefficient (Wildman–Crippen LogP) is 1.81. The Morgan fingerprint density at radius 2 is 2.27 bits per heavy atom. The molecule has 1 fully saturated rings. The highest BCUT2D eigenvalue weighted by atomic mass is 15.4. The van der Waals surface area contributed by atoms with E-state index in [1.165, 1.54) is 19.3 Å². The van der Waals surface area contributed by atoms with Crippen molar-refractivity contribution in [3.8, 4) is 0 Å². The Kier molecular flexibility index (Phi) is 1.87. The van der Waals surface area contributed by atoms with Gasteiger partial charge in [-0.25, -0.2) is 4.68 Å². The number of nitrogens with zero attached hydrogens (tertiary/aromatic N) is 3. The molecule has 0 aliphatic heterocycles. The number of rotatable bonds is 2. The van der Waals surface area contributed by atoms with Crippen molar-refractivity contribution in [3.05, 3.63) is 18.2 Å². The van der Waals surface area contributed by atoms with Gasteiger partial charge in [0.25, 0.3) is 0 Å². The van der Waals surface area contributed by atoms with Gasteiger partial charge in [-0.3, -0.25) is 0 Å². The topological polar surface area (TPSA) is 56.7 Å². The van der Waals surface area contributed by atoms with E-state index < -0.39 is 0 Å². The molecule has 0 radical (unpaired) electrons. The number of benzene rings is 1. The molecule has 4 heteroatoms. The number of nitrogens with two attached hydrogens (primary N) is 1. The van der Waals surface area contributed by atoms with Gasteiger partial charge in [0.05, 0.1) is 5.52 Å². The van der Waals surface area contributed by atoms with Crippen LogP contribution >= 0.6 is 0 Å². The third-order valence-corrected chi connectivity index (χ3v) is 3.19. The first-order valence-electron chi connectivity index (χ1n) is 5.41. The molecule has 0 atom stereocenters. The van der Waals surface area contributed by atoms with Gasteiger partial charge in [-0.05, 0) is 37.0 Å². The molecule has 0 amide bonds. The number of hydrogen-bond donors (Lipinski definition) is 1. The van der Waals surface area contributed by atoms with Crippen LogP contribution in [0, 0.1) is 5.92 Å². The summed E-state index contributed by atoms with van der Waals surface area (Å²) in [4.78, 5) is 0. The summed E-state index contributed by atoms with van der Waals surface area (Å²) in [6.07, 6.45) is 4.02. The van der Waals surface area contributed by atoms with Gasteiger partial charge in [0.15, 0.2) is 0 Å². The third-order valence-electron chi connectivity index (χ3n) is 3.19. The molecule has 0 unspecified atom stereocenters. The monoisotopic (exact) mass is 202 g/mol. The van der Waals surface area contributed by atoms with Crippen LogP contribution in [0.3, 0.4) is 0 Å². The lowest BCUT2D eigenvalue weighted by atomic mass is 9.85. The summed E-state index contributed by atoms with van der Waals surface area (Å²) in [5, 5.41) is 8.29. The van der Waals surface area contributed by atoms with Crippen LogP contribution in [0.1, 0.15) is 19.3 Å². The molecule has 78 valence electrons. The van der Waals surface area contributed by atoms with E-state index in [0.717, 1.165) is 29.2 Å². The molecule has 2 N–H and O–H groups in total. The Morgan fingerprint density at radius 1 is 1.40 bits per heavy atom. The summed E-state index contributed by atoms with van der Waals surface area (Å²) >= 11 is 0. The molecule has 1 aliphatic rings. The van der Waals surface area contributed by atoms with E-state index in [0.29, 0.717) is 0 Å². The van der Waals surface area contributed by atoms with Crippen molar-refractivity contribution in [2.45, 2.75) is 25.8 Å². The van der Waals surface area contributed by atoms with E-state index in [-0.39, 0.29) is 0 Å². The quantitative estimate of drug-likeness (QED) is 0.755. The van der Waals surface area contributed by atoms with Crippen LogP contribution in [0.5, 0.6) is 0 Å². The van der Waals surface area contributed by atoms with E-state index in [1.807, 2.05) is 22.9 Å². The largest absolute Gasteiger partial charge is 0.399 e. The standard InChI is InChI=1S/C11H14N4/c12-9-4-5-11-10(6-9)13-14-15(11)7-8-2-1-3-8/h4-6,8H,1-3,7,12H2. The number of aromatic nitrogens is 3. The van der Waals surface area contributed by atoms with E-state index >= 15 is 0 Å². The maximum atomic E-state index is 5.69. The van der Waals surface area contributed by atoms with E-state index in [1.54, 1.807) is 0 Å². The Balaban J connectivity index is 1.96. The van der Waals surface area contributed by atoms with Gasteiger partial charge in [-0.2, -0.15) is 0 Å². The first-order valence-corrected chi connectivity index (χ1v) is 5.41. The van der Waals surface area contributed by atoms with E-state index in [4.69, 9.17) is 5.73 Å². The van der Waals surface area contributed by atoms with Crippen LogP contribution in [0.15, 0.2) is 18.2 Å². The van der Waals surface area contributed by atoms with Crippen LogP contribution in [0.25, 0.3) is 11.0 Å². The summed E-state index contributed by atoms with van der Waals surface area (Å²) < 4.78 is 2.00. The molecule has 2 aromatic rings. The SMILES string of the molecule is Nc1ccc2c(c1)nnn2CC1CCC1. The molecule has 15 heavy (non-hydrogen) atoms. The lowest BCUT2D eigenvalue weighted by Crippen LogP contribution is -2.18. The first kappa shape index (κ1) is 8.71. The molecule has 0 bridgehead atoms. The molecule has 0 saturated heterocycles. The fourth-order valence-corrected chi connectivity index (χ4v) is 2.04. The van der Waals surface area contributed by atoms with Crippen molar-refractivity contribution in [2.75, 3.05) is 5.73 Å². The molecule has 1 saturated carbocycles. The zero-order chi connectivity index (χ0) is 10.3. The zero-order valence-corrected chi connectivity index (χ0v) is 8.56. The van der Waals surface area contributed by atoms with Crippen LogP contribution in [0.4, 0.5) is 5.69 Å². The Morgan fingerprint density at radius 3 is 3.00 bits per heavy atom. The summed E-state index contributed by atoms with van der Waals surface area (Å²) in [7, 11) is 0. The van der Waals surface area contributed by atoms with Gasteiger partial charge in [0.2, 0.25) is 0 Å². The van der Waals surface area contributed by atoms with Gasteiger partial charge >= 0.3 is 0 Å². The maximum absolute atomic E-state index is 5.69. The van der Waals surface area contributed by atoms with Gasteiger partial charge in [-0.15, -0.1) is 5.10 Å². The summed E-state index contributed by atoms with van der Waals surface area (Å²) in [6, 6.07) is 5.78. The van der Waals surface area contributed by atoms with Crippen molar-refractivity contribution in [3.63, 3.8) is 0 Å². The number of hydrogen-bond acceptors (Lipinski definition) is 3. The van der Waals surface area contributed by atoms with E-state index in [2.05, 4.69) is 10.3 Å². The van der Waals surface area contributed by atoms with Crippen molar-refractivity contribution in [2.24, 2.45) is 5.92 Å². The highest BCUT2D eigenvalue weighted by molar-refractivity contribution is 5.77. The van der Waals surface area contributed by atoms with Gasteiger partial charge in [-0.1, -0.05) is 11.6 Å². The fourth-order valence-electron chi connectivity index (χ4n) is 2.04. The maximum Gasteiger partial charge on any atom is 0.115 e. The van der Waals surface area contributed by atoms with Crippen LogP contribution in [0.2, 0.25) is 0 Å². The summed E-state index contributed by atoms with van der Waals surface area (Å²) in [5.74, 6) is 0.799. The Labute approximate surface area is 88.1 Å².